The van der Waals surface area contributed by atoms with Crippen LogP contribution in [0.2, 0.25) is 0 Å². The van der Waals surface area contributed by atoms with E-state index in [9.17, 15) is 0 Å². The maximum Gasteiger partial charge on any atom is -0.0298 e. The third kappa shape index (κ3) is 6.59. The molecule has 0 rings (SSSR count). The summed E-state index contributed by atoms with van der Waals surface area (Å²) in [6, 6.07) is 0. The van der Waals surface area contributed by atoms with E-state index in [1.807, 2.05) is 0 Å². The van der Waals surface area contributed by atoms with Gasteiger partial charge in [0, 0.05) is 0 Å². The molecule has 0 aromatic carbocycles. The highest BCUT2D eigenvalue weighted by Gasteiger charge is 2.40. The van der Waals surface area contributed by atoms with Crippen LogP contribution in [0.25, 0.3) is 0 Å². The standard InChI is InChI=1S/C25H52/c1-13-15-17(3)19(5)20(6)21(7)22(8)24(10)25(11,12)23(9)18(4)16-14-2/h17-24H,13-16H2,1-12H3. The van der Waals surface area contributed by atoms with Crippen molar-refractivity contribution in [1.82, 2.24) is 0 Å². The van der Waals surface area contributed by atoms with Crippen LogP contribution in [-0.2, 0) is 0 Å². The molecule has 0 amide bonds. The van der Waals surface area contributed by atoms with Crippen LogP contribution < -0.4 is 0 Å². The van der Waals surface area contributed by atoms with Gasteiger partial charge in [0.05, 0.1) is 0 Å². The quantitative estimate of drug-likeness (QED) is 0.329. The molecule has 0 aromatic rings. The first-order chi connectivity index (χ1) is 11.4. The number of rotatable bonds is 12. The Kier molecular flexibility index (Phi) is 11.0. The van der Waals surface area contributed by atoms with E-state index in [-0.39, 0.29) is 0 Å². The van der Waals surface area contributed by atoms with Crippen molar-refractivity contribution in [2.75, 3.05) is 0 Å². The van der Waals surface area contributed by atoms with Crippen LogP contribution in [0.5, 0.6) is 0 Å². The smallest absolute Gasteiger partial charge is 0.0298 e. The van der Waals surface area contributed by atoms with Gasteiger partial charge in [-0.3, -0.25) is 0 Å². The van der Waals surface area contributed by atoms with Crippen LogP contribution in [-0.4, -0.2) is 0 Å². The van der Waals surface area contributed by atoms with Gasteiger partial charge in [-0.05, 0) is 52.8 Å². The van der Waals surface area contributed by atoms with E-state index in [1.54, 1.807) is 0 Å². The first-order valence-corrected chi connectivity index (χ1v) is 11.4. The Morgan fingerprint density at radius 3 is 1.36 bits per heavy atom. The highest BCUT2D eigenvalue weighted by Crippen LogP contribution is 2.47. The van der Waals surface area contributed by atoms with Crippen LogP contribution in [0, 0.1) is 52.8 Å². The first kappa shape index (κ1) is 25.0. The minimum Gasteiger partial charge on any atom is -0.0654 e. The summed E-state index contributed by atoms with van der Waals surface area (Å²) in [4.78, 5) is 0. The van der Waals surface area contributed by atoms with E-state index in [0.29, 0.717) is 5.41 Å². The van der Waals surface area contributed by atoms with E-state index in [0.717, 1.165) is 47.3 Å². The molecule has 0 heterocycles. The van der Waals surface area contributed by atoms with E-state index in [1.165, 1.54) is 25.7 Å². The normalized spacial score (nSPS) is 22.6. The molecule has 0 aliphatic heterocycles. The maximum absolute atomic E-state index is 2.53. The van der Waals surface area contributed by atoms with Crippen LogP contribution in [0.3, 0.4) is 0 Å². The Labute approximate surface area is 161 Å². The average Bonchev–Trinajstić information content (AvgIpc) is 2.57. The predicted molar refractivity (Wildman–Crippen MR) is 117 cm³/mol. The van der Waals surface area contributed by atoms with E-state index < -0.39 is 0 Å². The lowest BCUT2D eigenvalue weighted by atomic mass is 9.59. The molecule has 0 aliphatic carbocycles. The zero-order valence-electron chi connectivity index (χ0n) is 19.9. The molecule has 152 valence electrons. The molecule has 0 fully saturated rings. The van der Waals surface area contributed by atoms with Gasteiger partial charge in [0.25, 0.3) is 0 Å². The monoisotopic (exact) mass is 352 g/mol. The zero-order valence-corrected chi connectivity index (χ0v) is 19.9. The van der Waals surface area contributed by atoms with Crippen LogP contribution in [0.1, 0.15) is 109 Å². The summed E-state index contributed by atoms with van der Waals surface area (Å²) in [5.41, 5.74) is 0.403. The second-order valence-electron chi connectivity index (χ2n) is 10.4. The van der Waals surface area contributed by atoms with Gasteiger partial charge in [-0.1, -0.05) is 109 Å². The lowest BCUT2D eigenvalue weighted by molar-refractivity contribution is 0.0241. The number of hydrogen-bond acceptors (Lipinski definition) is 0. The third-order valence-electron chi connectivity index (χ3n) is 8.86. The van der Waals surface area contributed by atoms with Gasteiger partial charge in [0.15, 0.2) is 0 Å². The maximum atomic E-state index is 2.53. The molecule has 0 radical (unpaired) electrons. The van der Waals surface area contributed by atoms with Crippen molar-refractivity contribution in [3.63, 3.8) is 0 Å². The molecule has 8 unspecified atom stereocenters. The van der Waals surface area contributed by atoms with Crippen molar-refractivity contribution in [2.24, 2.45) is 52.8 Å². The summed E-state index contributed by atoms with van der Waals surface area (Å²) >= 11 is 0. The van der Waals surface area contributed by atoms with Crippen molar-refractivity contribution in [3.05, 3.63) is 0 Å². The Hall–Kier alpha value is 0. The Balaban J connectivity index is 5.08. The van der Waals surface area contributed by atoms with Gasteiger partial charge < -0.3 is 0 Å². The predicted octanol–water partition coefficient (Wildman–Crippen LogP) is 8.70. The van der Waals surface area contributed by atoms with Gasteiger partial charge in [-0.15, -0.1) is 0 Å². The highest BCUT2D eigenvalue weighted by atomic mass is 14.4. The molecular weight excluding hydrogens is 300 g/mol. The second kappa shape index (κ2) is 11.0. The van der Waals surface area contributed by atoms with E-state index in [2.05, 4.69) is 83.1 Å². The summed E-state index contributed by atoms with van der Waals surface area (Å²) in [5, 5.41) is 0. The van der Waals surface area contributed by atoms with Crippen molar-refractivity contribution < 1.29 is 0 Å². The van der Waals surface area contributed by atoms with E-state index in [4.69, 9.17) is 0 Å². The summed E-state index contributed by atoms with van der Waals surface area (Å²) in [7, 11) is 0. The molecule has 0 nitrogen and oxygen atoms in total. The molecule has 0 saturated carbocycles. The Morgan fingerprint density at radius 2 is 0.920 bits per heavy atom. The summed E-state index contributed by atoms with van der Waals surface area (Å²) < 4.78 is 0. The fourth-order valence-corrected chi connectivity index (χ4v) is 5.18. The molecular formula is C25H52. The molecule has 0 aromatic heterocycles. The molecule has 0 spiro atoms. The number of hydrogen-bond donors (Lipinski definition) is 0. The molecule has 8 atom stereocenters. The minimum absolute atomic E-state index is 0.403. The molecule has 0 N–H and O–H groups in total. The largest absolute Gasteiger partial charge is 0.0654 e. The fraction of sp³-hybridized carbons (Fsp3) is 1.00. The van der Waals surface area contributed by atoms with Crippen molar-refractivity contribution in [3.8, 4) is 0 Å². The van der Waals surface area contributed by atoms with Gasteiger partial charge in [0.1, 0.15) is 0 Å². The van der Waals surface area contributed by atoms with Crippen molar-refractivity contribution in [1.29, 1.82) is 0 Å². The first-order valence-electron chi connectivity index (χ1n) is 11.4. The van der Waals surface area contributed by atoms with Crippen LogP contribution in [0.4, 0.5) is 0 Å². The van der Waals surface area contributed by atoms with Crippen LogP contribution in [0.15, 0.2) is 0 Å². The third-order valence-corrected chi connectivity index (χ3v) is 8.86. The molecule has 0 bridgehead atoms. The SMILES string of the molecule is CCCC(C)C(C)C(C)C(C)C(C)C(C)C(C)(C)C(C)C(C)CCC. The van der Waals surface area contributed by atoms with Gasteiger partial charge in [-0.25, -0.2) is 0 Å². The molecule has 0 saturated heterocycles. The highest BCUT2D eigenvalue weighted by molar-refractivity contribution is 4.88. The van der Waals surface area contributed by atoms with Crippen molar-refractivity contribution in [2.45, 2.75) is 109 Å². The zero-order chi connectivity index (χ0) is 19.9. The summed E-state index contributed by atoms with van der Waals surface area (Å²) in [5.74, 6) is 6.40. The van der Waals surface area contributed by atoms with E-state index >= 15 is 0 Å². The van der Waals surface area contributed by atoms with Gasteiger partial charge in [-0.2, -0.15) is 0 Å². The summed E-state index contributed by atoms with van der Waals surface area (Å²) in [6.07, 6.45) is 5.37. The second-order valence-corrected chi connectivity index (χ2v) is 10.4. The van der Waals surface area contributed by atoms with Crippen LogP contribution >= 0.6 is 0 Å². The molecule has 0 aliphatic rings. The molecule has 25 heavy (non-hydrogen) atoms. The fourth-order valence-electron chi connectivity index (χ4n) is 5.18. The van der Waals surface area contributed by atoms with Gasteiger partial charge in [0.2, 0.25) is 0 Å². The lowest BCUT2D eigenvalue weighted by Gasteiger charge is -2.46. The van der Waals surface area contributed by atoms with Gasteiger partial charge >= 0.3 is 0 Å². The minimum atomic E-state index is 0.403. The Morgan fingerprint density at radius 1 is 0.520 bits per heavy atom. The lowest BCUT2D eigenvalue weighted by Crippen LogP contribution is -2.40. The summed E-state index contributed by atoms with van der Waals surface area (Å²) in [6.45, 7) is 29.7. The average molecular weight is 353 g/mol. The van der Waals surface area contributed by atoms with Crippen molar-refractivity contribution >= 4 is 0 Å². The Bertz CT molecular complexity index is 342. The topological polar surface area (TPSA) is 0 Å². The molecule has 0 heteroatoms.